The summed E-state index contributed by atoms with van der Waals surface area (Å²) in [6, 6.07) is 42.5. The molecule has 67 heavy (non-hydrogen) atoms. The lowest BCUT2D eigenvalue weighted by atomic mass is 9.95. The Kier molecular flexibility index (Phi) is 17.8. The van der Waals surface area contributed by atoms with E-state index in [9.17, 15) is 28.0 Å². The number of aliphatic imine (C=N–C) groups is 1. The predicted molar refractivity (Wildman–Crippen MR) is 240 cm³/mol. The molecule has 7 rings (SSSR count). The number of benzene rings is 5. The van der Waals surface area contributed by atoms with Crippen LogP contribution in [0.5, 0.6) is 0 Å². The smallest absolute Gasteiger partial charge is 0.397 e. The van der Waals surface area contributed by atoms with Gasteiger partial charge in [-0.2, -0.15) is 8.42 Å². The van der Waals surface area contributed by atoms with Crippen molar-refractivity contribution >= 4 is 22.3 Å². The first-order chi connectivity index (χ1) is 32.4. The first-order valence-electron chi connectivity index (χ1n) is 21.7. The van der Waals surface area contributed by atoms with Crippen LogP contribution in [0.3, 0.4) is 0 Å². The molecule has 2 N–H and O–H groups in total. The van der Waals surface area contributed by atoms with Crippen LogP contribution < -0.4 is 5.11 Å². The van der Waals surface area contributed by atoms with Gasteiger partial charge in [0.2, 0.25) is 0 Å². The van der Waals surface area contributed by atoms with Crippen molar-refractivity contribution in [3.05, 3.63) is 179 Å². The maximum atomic E-state index is 13.3. The number of aryl methyl sites for hydroxylation is 1. The summed E-state index contributed by atoms with van der Waals surface area (Å²) in [6.07, 6.45) is -13.9. The third-order valence-electron chi connectivity index (χ3n) is 11.0. The van der Waals surface area contributed by atoms with Crippen LogP contribution in [0.2, 0.25) is 0 Å². The summed E-state index contributed by atoms with van der Waals surface area (Å²) < 4.78 is 92.8. The average molecular weight is 941 g/mol. The summed E-state index contributed by atoms with van der Waals surface area (Å²) in [5, 5.41) is 23.9. The van der Waals surface area contributed by atoms with Crippen LogP contribution in [0.4, 0.5) is 0 Å². The van der Waals surface area contributed by atoms with Crippen molar-refractivity contribution in [2.45, 2.75) is 108 Å². The minimum atomic E-state index is -5.36. The fourth-order valence-corrected chi connectivity index (χ4v) is 8.27. The molecule has 10 atom stereocenters. The number of carboxylic acid groups (broad SMARTS) is 1. The van der Waals surface area contributed by atoms with Gasteiger partial charge in [-0.25, -0.2) is 8.98 Å². The van der Waals surface area contributed by atoms with Crippen molar-refractivity contribution in [2.24, 2.45) is 4.99 Å². The Balaban J connectivity index is 1.30. The van der Waals surface area contributed by atoms with E-state index >= 15 is 0 Å². The molecule has 356 valence electrons. The lowest BCUT2D eigenvalue weighted by molar-refractivity contribution is -0.348. The van der Waals surface area contributed by atoms with Crippen LogP contribution in [0.1, 0.15) is 40.3 Å². The van der Waals surface area contributed by atoms with E-state index in [1.54, 1.807) is 60.7 Å². The highest BCUT2D eigenvalue weighted by Gasteiger charge is 2.57. The van der Waals surface area contributed by atoms with Crippen molar-refractivity contribution in [2.75, 3.05) is 6.61 Å². The summed E-state index contributed by atoms with van der Waals surface area (Å²) in [7, 11) is -5.36. The summed E-state index contributed by atoms with van der Waals surface area (Å²) in [5.41, 5.74) is 4.76. The monoisotopic (exact) mass is 940 g/mol. The Morgan fingerprint density at radius 1 is 0.597 bits per heavy atom. The molecule has 0 aliphatic carbocycles. The van der Waals surface area contributed by atoms with Crippen molar-refractivity contribution in [3.63, 3.8) is 0 Å². The van der Waals surface area contributed by atoms with Gasteiger partial charge in [-0.05, 0) is 47.6 Å². The highest BCUT2D eigenvalue weighted by molar-refractivity contribution is 7.80. The standard InChI is InChI=1S/C50H55NO15S/c1-33-23-25-39(26-24-33)27-58-32-40-42(59-28-35-15-7-3-8-16-35)43(41(51-34(2)52)49(63-40)62-31-38-21-13-6-14-22-38)64-50-47(66-67(55,56)57)45(61-30-37-19-11-5-12-20-37)44(46(65-50)48(53)54)60-29-36-17-9-4-10-18-36/h3-26,40-47,49-50H,27-32H2,1-2H3,(H,51,52)(H,53,54)(H,55,56,57)/p-1/t40-,41-,42-,43-,44+,45+,46+,47-,49-,50-/m1/s1. The molecule has 0 aromatic heterocycles. The Morgan fingerprint density at radius 2 is 1.06 bits per heavy atom. The van der Waals surface area contributed by atoms with Crippen LogP contribution in [-0.4, -0.2) is 97.9 Å². The van der Waals surface area contributed by atoms with Crippen LogP contribution >= 0.6 is 0 Å². The summed E-state index contributed by atoms with van der Waals surface area (Å²) in [5.74, 6) is -2.16. The van der Waals surface area contributed by atoms with Gasteiger partial charge in [-0.15, -0.1) is 0 Å². The quantitative estimate of drug-likeness (QED) is 0.0482. The fourth-order valence-electron chi connectivity index (χ4n) is 7.79. The van der Waals surface area contributed by atoms with Gasteiger partial charge in [0.25, 0.3) is 0 Å². The zero-order chi connectivity index (χ0) is 47.2. The normalized spacial score (nSPS) is 25.7. The zero-order valence-corrected chi connectivity index (χ0v) is 37.7. The molecule has 0 unspecified atom stereocenters. The number of carbonyl (C=O) groups is 1. The van der Waals surface area contributed by atoms with Gasteiger partial charge in [0, 0.05) is 0 Å². The molecular weight excluding hydrogens is 887 g/mol. The summed E-state index contributed by atoms with van der Waals surface area (Å²) in [6.45, 7) is 2.92. The van der Waals surface area contributed by atoms with Crippen LogP contribution in [0, 0.1) is 6.92 Å². The molecule has 2 aliphatic heterocycles. The molecule has 0 amide bonds. The molecule has 0 spiro atoms. The lowest BCUT2D eigenvalue weighted by Crippen LogP contribution is -2.66. The number of rotatable bonds is 22. The lowest BCUT2D eigenvalue weighted by Gasteiger charge is -2.49. The fraction of sp³-hybridized carbons (Fsp3) is 0.360. The second kappa shape index (κ2) is 24.0. The van der Waals surface area contributed by atoms with E-state index in [0.29, 0.717) is 11.1 Å². The van der Waals surface area contributed by atoms with E-state index in [0.717, 1.165) is 22.3 Å². The van der Waals surface area contributed by atoms with Gasteiger partial charge >= 0.3 is 16.4 Å². The minimum Gasteiger partial charge on any atom is -0.862 e. The SMILES string of the molecule is CC([O-])=N[C@H]1[C@H](OCc2ccccc2)O[C@H](COCc2ccc(C)cc2)[C@@H](OCc2ccccc2)[C@@H]1O[C@@H]1O[C@H](C(=O)O)[C@@H](OCc2ccccc2)[C@H](OCc2ccccc2)[C@H]1OS(=O)(=O)O. The van der Waals surface area contributed by atoms with Gasteiger partial charge < -0.3 is 48.1 Å². The molecule has 2 aliphatic rings. The first-order valence-corrected chi connectivity index (χ1v) is 23.1. The number of ether oxygens (including phenoxy) is 8. The van der Waals surface area contributed by atoms with Crippen molar-refractivity contribution < 1.29 is 70.1 Å². The Hall–Kier alpha value is -5.41. The Labute approximate surface area is 389 Å². The maximum absolute atomic E-state index is 13.3. The first kappa shape index (κ1) is 49.5. The molecule has 2 saturated heterocycles. The van der Waals surface area contributed by atoms with E-state index in [1.807, 2.05) is 91.9 Å². The van der Waals surface area contributed by atoms with Crippen LogP contribution in [-0.2, 0) is 90.3 Å². The summed E-state index contributed by atoms with van der Waals surface area (Å²) in [4.78, 5) is 17.7. The van der Waals surface area contributed by atoms with E-state index in [2.05, 4.69) is 4.99 Å². The second-order valence-electron chi connectivity index (χ2n) is 16.1. The second-order valence-corrected chi connectivity index (χ2v) is 17.2. The Bertz CT molecular complexity index is 2410. The van der Waals surface area contributed by atoms with Gasteiger partial charge in [-0.1, -0.05) is 151 Å². The molecule has 0 radical (unpaired) electrons. The van der Waals surface area contributed by atoms with Crippen molar-refractivity contribution in [1.29, 1.82) is 0 Å². The van der Waals surface area contributed by atoms with Crippen molar-refractivity contribution in [1.82, 2.24) is 0 Å². The molecule has 2 fully saturated rings. The maximum Gasteiger partial charge on any atom is 0.397 e. The zero-order valence-electron chi connectivity index (χ0n) is 36.9. The van der Waals surface area contributed by atoms with E-state index in [4.69, 9.17) is 42.1 Å². The highest BCUT2D eigenvalue weighted by atomic mass is 32.3. The van der Waals surface area contributed by atoms with Gasteiger partial charge in [0.15, 0.2) is 24.8 Å². The number of aliphatic carboxylic acids is 1. The van der Waals surface area contributed by atoms with Crippen LogP contribution in [0.15, 0.2) is 151 Å². The van der Waals surface area contributed by atoms with Crippen molar-refractivity contribution in [3.8, 4) is 0 Å². The van der Waals surface area contributed by atoms with Crippen LogP contribution in [0.25, 0.3) is 0 Å². The molecule has 5 aromatic rings. The highest BCUT2D eigenvalue weighted by Crippen LogP contribution is 2.37. The largest absolute Gasteiger partial charge is 0.862 e. The number of carboxylic acids is 1. The predicted octanol–water partition coefficient (Wildman–Crippen LogP) is 5.74. The van der Waals surface area contributed by atoms with E-state index < -0.39 is 83.6 Å². The number of hydrogen-bond acceptors (Lipinski definition) is 14. The molecule has 17 heteroatoms. The number of hydrogen-bond donors (Lipinski definition) is 2. The third kappa shape index (κ3) is 14.5. The van der Waals surface area contributed by atoms with E-state index in [1.165, 1.54) is 6.92 Å². The summed E-state index contributed by atoms with van der Waals surface area (Å²) >= 11 is 0. The third-order valence-corrected chi connectivity index (χ3v) is 11.5. The number of nitrogens with zero attached hydrogens (tertiary/aromatic N) is 1. The molecule has 0 saturated carbocycles. The molecule has 2 heterocycles. The topological polar surface area (TPSA) is 210 Å². The van der Waals surface area contributed by atoms with E-state index in [-0.39, 0.29) is 39.6 Å². The molecule has 16 nitrogen and oxygen atoms in total. The molecule has 5 aromatic carbocycles. The average Bonchev–Trinajstić information content (AvgIpc) is 3.32. The van der Waals surface area contributed by atoms with Gasteiger partial charge in [0.1, 0.15) is 36.6 Å². The minimum absolute atomic E-state index is 0.0000234. The molecule has 0 bridgehead atoms. The Morgan fingerprint density at radius 3 is 1.54 bits per heavy atom. The molecular formula is C50H54NO15S-. The van der Waals surface area contributed by atoms with Gasteiger partial charge in [-0.3, -0.25) is 9.55 Å². The van der Waals surface area contributed by atoms with Gasteiger partial charge in [0.05, 0.1) is 39.6 Å².